The molecule has 4 aromatic heterocycles. The van der Waals surface area contributed by atoms with E-state index in [-0.39, 0.29) is 39.5 Å². The Kier molecular flexibility index (Phi) is 9.17. The van der Waals surface area contributed by atoms with E-state index in [9.17, 15) is 5.11 Å². The van der Waals surface area contributed by atoms with E-state index < -0.39 is 0 Å². The number of para-hydroxylation sites is 1. The molecule has 208 valence electrons. The number of anilines is 3. The first-order valence-electron chi connectivity index (χ1n) is 12.8. The zero-order chi connectivity index (χ0) is 27.5. The molecule has 0 aliphatic carbocycles. The molecule has 5 rings (SSSR count). The van der Waals surface area contributed by atoms with Crippen LogP contribution < -0.4 is 9.64 Å². The molecule has 4 heterocycles. The summed E-state index contributed by atoms with van der Waals surface area (Å²) in [7, 11) is 1.61. The SMILES string of the molecule is COc1cc[c-]n1-c1ccnc(N(c2nccc(-n3[c-]ccc3CO)n2)c2c(C(C)C)cccc2C(C)C)n1.[Pt+2]. The minimum absolute atomic E-state index is 0. The van der Waals surface area contributed by atoms with Crippen molar-refractivity contribution in [3.05, 3.63) is 96.2 Å². The predicted octanol–water partition coefficient (Wildman–Crippen LogP) is 5.66. The molecule has 0 bridgehead atoms. The summed E-state index contributed by atoms with van der Waals surface area (Å²) in [6, 6.07) is 17.1. The molecule has 0 aliphatic heterocycles. The number of benzene rings is 1. The van der Waals surface area contributed by atoms with Crippen molar-refractivity contribution in [2.75, 3.05) is 12.0 Å². The quantitative estimate of drug-likeness (QED) is 0.197. The van der Waals surface area contributed by atoms with Crippen LogP contribution in [0.1, 0.15) is 56.4 Å². The second kappa shape index (κ2) is 12.6. The van der Waals surface area contributed by atoms with Crippen molar-refractivity contribution in [3.8, 4) is 17.5 Å². The van der Waals surface area contributed by atoms with E-state index in [1.165, 1.54) is 0 Å². The molecular weight excluding hydrogens is 685 g/mol. The third-order valence-corrected chi connectivity index (χ3v) is 6.47. The van der Waals surface area contributed by atoms with Crippen molar-refractivity contribution >= 4 is 17.6 Å². The largest absolute Gasteiger partial charge is 2.00 e. The molecule has 0 saturated carbocycles. The molecule has 0 amide bonds. The number of hydrogen-bond donors (Lipinski definition) is 1. The van der Waals surface area contributed by atoms with Crippen LogP contribution in [0.2, 0.25) is 0 Å². The second-order valence-corrected chi connectivity index (χ2v) is 9.65. The van der Waals surface area contributed by atoms with Gasteiger partial charge in [-0.15, -0.1) is 18.2 Å². The molecule has 0 unspecified atom stereocenters. The Morgan fingerprint density at radius 1 is 0.825 bits per heavy atom. The van der Waals surface area contributed by atoms with Crippen LogP contribution in [-0.4, -0.2) is 41.3 Å². The van der Waals surface area contributed by atoms with Gasteiger partial charge in [-0.2, -0.15) is 6.07 Å². The van der Waals surface area contributed by atoms with Crippen molar-refractivity contribution in [2.24, 2.45) is 0 Å². The molecule has 0 fully saturated rings. The monoisotopic (exact) mass is 716 g/mol. The Morgan fingerprint density at radius 2 is 1.38 bits per heavy atom. The first-order chi connectivity index (χ1) is 18.9. The van der Waals surface area contributed by atoms with E-state index in [4.69, 9.17) is 24.7 Å². The number of ether oxygens (including phenoxy) is 1. The fourth-order valence-electron chi connectivity index (χ4n) is 4.56. The summed E-state index contributed by atoms with van der Waals surface area (Å²) in [6.45, 7) is 8.52. The van der Waals surface area contributed by atoms with E-state index in [1.807, 2.05) is 11.0 Å². The number of hydrogen-bond acceptors (Lipinski definition) is 7. The van der Waals surface area contributed by atoms with Crippen LogP contribution >= 0.6 is 0 Å². The Labute approximate surface area is 248 Å². The smallest absolute Gasteiger partial charge is 0.533 e. The van der Waals surface area contributed by atoms with Crippen LogP contribution in [0.5, 0.6) is 5.88 Å². The van der Waals surface area contributed by atoms with Gasteiger partial charge in [-0.25, -0.2) is 24.8 Å². The first-order valence-corrected chi connectivity index (χ1v) is 12.8. The molecule has 1 aromatic carbocycles. The average Bonchev–Trinajstić information content (AvgIpc) is 3.63. The van der Waals surface area contributed by atoms with Crippen LogP contribution in [0.4, 0.5) is 17.6 Å². The third kappa shape index (κ3) is 5.57. The Hall–Kier alpha value is -3.81. The summed E-state index contributed by atoms with van der Waals surface area (Å²) >= 11 is 0. The van der Waals surface area contributed by atoms with Gasteiger partial charge in [-0.3, -0.25) is 0 Å². The maximum absolute atomic E-state index is 9.83. The molecule has 0 aliphatic rings. The number of aliphatic hydroxyl groups excluding tert-OH is 1. The summed E-state index contributed by atoms with van der Waals surface area (Å²) < 4.78 is 8.95. The topological polar surface area (TPSA) is 94.1 Å². The van der Waals surface area contributed by atoms with Crippen molar-refractivity contribution in [1.82, 2.24) is 29.1 Å². The molecule has 0 saturated heterocycles. The Bertz CT molecular complexity index is 1470. The third-order valence-electron chi connectivity index (χ3n) is 6.47. The average molecular weight is 717 g/mol. The number of rotatable bonds is 9. The number of aromatic nitrogens is 6. The number of methoxy groups -OCH3 is 1. The minimum Gasteiger partial charge on any atom is -0.533 e. The normalized spacial score (nSPS) is 11.1. The maximum Gasteiger partial charge on any atom is 2.00 e. The van der Waals surface area contributed by atoms with Crippen LogP contribution in [0.15, 0.2) is 67.0 Å². The van der Waals surface area contributed by atoms with Gasteiger partial charge in [0.05, 0.1) is 30.3 Å². The van der Waals surface area contributed by atoms with Gasteiger partial charge >= 0.3 is 21.1 Å². The zero-order valence-corrected chi connectivity index (χ0v) is 25.3. The van der Waals surface area contributed by atoms with Gasteiger partial charge in [-0.1, -0.05) is 64.0 Å². The molecule has 40 heavy (non-hydrogen) atoms. The fourth-order valence-corrected chi connectivity index (χ4v) is 4.56. The van der Waals surface area contributed by atoms with Gasteiger partial charge in [0.2, 0.25) is 11.9 Å². The van der Waals surface area contributed by atoms with Crippen LogP contribution in [0.3, 0.4) is 0 Å². The zero-order valence-electron chi connectivity index (χ0n) is 23.0. The van der Waals surface area contributed by atoms with Crippen LogP contribution in [-0.2, 0) is 27.7 Å². The molecule has 0 atom stereocenters. The van der Waals surface area contributed by atoms with Gasteiger partial charge in [0.1, 0.15) is 0 Å². The van der Waals surface area contributed by atoms with Gasteiger partial charge < -0.3 is 19.0 Å². The van der Waals surface area contributed by atoms with Crippen molar-refractivity contribution < 1.29 is 30.9 Å². The van der Waals surface area contributed by atoms with Gasteiger partial charge in [0.15, 0.2) is 0 Å². The second-order valence-electron chi connectivity index (χ2n) is 9.65. The van der Waals surface area contributed by atoms with Gasteiger partial charge in [0, 0.05) is 19.0 Å². The first kappa shape index (κ1) is 29.2. The molecule has 5 aromatic rings. The summed E-state index contributed by atoms with van der Waals surface area (Å²) in [4.78, 5) is 21.2. The van der Waals surface area contributed by atoms with Crippen molar-refractivity contribution in [1.29, 1.82) is 0 Å². The summed E-state index contributed by atoms with van der Waals surface area (Å²) in [5.74, 6) is 3.00. The summed E-state index contributed by atoms with van der Waals surface area (Å²) in [5, 5.41) is 9.83. The molecule has 1 N–H and O–H groups in total. The Balaban J connectivity index is 0.00000370. The van der Waals surface area contributed by atoms with Gasteiger partial charge in [-0.05, 0) is 35.1 Å². The van der Waals surface area contributed by atoms with Crippen LogP contribution in [0.25, 0.3) is 11.6 Å². The van der Waals surface area contributed by atoms with E-state index in [1.54, 1.807) is 59.0 Å². The maximum atomic E-state index is 9.83. The standard InChI is InChI=1S/C30H31N7O2.Pt/c1-20(2)23-10-6-11-24(21(3)4)28(23)37(29-31-15-13-25(33-29)35-17-7-9-22(35)19-38)30-32-16-14-26(34-30)36-18-8-12-27(36)39-5;/h6-16,20-21,38H,19H2,1-5H3;/q-2;+2. The Morgan fingerprint density at radius 3 is 1.93 bits per heavy atom. The van der Waals surface area contributed by atoms with Crippen molar-refractivity contribution in [2.45, 2.75) is 46.1 Å². The van der Waals surface area contributed by atoms with E-state index in [2.05, 4.69) is 58.3 Å². The summed E-state index contributed by atoms with van der Waals surface area (Å²) in [6.07, 6.45) is 9.65. The molecule has 0 spiro atoms. The van der Waals surface area contributed by atoms with Crippen LogP contribution in [0, 0.1) is 12.4 Å². The molecular formula is C30H31N7O2Pt. The molecule has 0 radical (unpaired) electrons. The summed E-state index contributed by atoms with van der Waals surface area (Å²) in [5.41, 5.74) is 3.86. The van der Waals surface area contributed by atoms with Crippen molar-refractivity contribution in [3.63, 3.8) is 0 Å². The van der Waals surface area contributed by atoms with E-state index >= 15 is 0 Å². The molecule has 9 nitrogen and oxygen atoms in total. The number of nitrogens with zero attached hydrogens (tertiary/aromatic N) is 7. The number of aliphatic hydroxyl groups is 1. The minimum atomic E-state index is -0.138. The fraction of sp³-hybridized carbons (Fsp3) is 0.267. The van der Waals surface area contributed by atoms with E-state index in [0.29, 0.717) is 35.1 Å². The van der Waals surface area contributed by atoms with Gasteiger partial charge in [0.25, 0.3) is 0 Å². The van der Waals surface area contributed by atoms with E-state index in [0.717, 1.165) is 16.8 Å². The predicted molar refractivity (Wildman–Crippen MR) is 149 cm³/mol. The molecule has 10 heteroatoms.